The van der Waals surface area contributed by atoms with Crippen molar-refractivity contribution in [3.63, 3.8) is 0 Å². The number of rotatable bonds is 7. The van der Waals surface area contributed by atoms with Crippen LogP contribution in [0.15, 0.2) is 24.3 Å². The van der Waals surface area contributed by atoms with E-state index in [1.807, 2.05) is 0 Å². The zero-order valence-electron chi connectivity index (χ0n) is 10.0. The molecule has 0 radical (unpaired) electrons. The minimum atomic E-state index is -0.301. The van der Waals surface area contributed by atoms with Gasteiger partial charge >= 0.3 is 0 Å². The maximum absolute atomic E-state index is 13.1. The number of halogens is 1. The van der Waals surface area contributed by atoms with Crippen molar-refractivity contribution in [3.05, 3.63) is 30.1 Å². The fourth-order valence-corrected chi connectivity index (χ4v) is 1.31. The number of nitrogens with one attached hydrogen (secondary N) is 1. The van der Waals surface area contributed by atoms with Crippen LogP contribution in [0.5, 0.6) is 5.75 Å². The van der Waals surface area contributed by atoms with Crippen molar-refractivity contribution in [2.24, 2.45) is 5.92 Å². The van der Waals surface area contributed by atoms with E-state index in [0.29, 0.717) is 18.3 Å². The predicted molar refractivity (Wildman–Crippen MR) is 64.2 cm³/mol. The molecule has 3 heteroatoms. The van der Waals surface area contributed by atoms with E-state index in [1.165, 1.54) is 6.07 Å². The average molecular weight is 225 g/mol. The third-order valence-electron chi connectivity index (χ3n) is 2.27. The molecule has 0 atom stereocenters. The molecule has 0 saturated heterocycles. The Hall–Kier alpha value is -1.09. The first-order valence-electron chi connectivity index (χ1n) is 5.78. The van der Waals surface area contributed by atoms with Gasteiger partial charge in [-0.05, 0) is 31.0 Å². The van der Waals surface area contributed by atoms with Crippen LogP contribution >= 0.6 is 0 Å². The smallest absolute Gasteiger partial charge is 0.165 e. The van der Waals surface area contributed by atoms with Gasteiger partial charge in [-0.3, -0.25) is 0 Å². The van der Waals surface area contributed by atoms with Crippen LogP contribution in [0.4, 0.5) is 4.39 Å². The monoisotopic (exact) mass is 225 g/mol. The molecule has 1 N–H and O–H groups in total. The van der Waals surface area contributed by atoms with E-state index in [4.69, 9.17) is 4.74 Å². The first-order valence-corrected chi connectivity index (χ1v) is 5.78. The van der Waals surface area contributed by atoms with Crippen molar-refractivity contribution >= 4 is 0 Å². The molecule has 0 bridgehead atoms. The summed E-state index contributed by atoms with van der Waals surface area (Å²) >= 11 is 0. The van der Waals surface area contributed by atoms with Crippen LogP contribution in [-0.4, -0.2) is 19.7 Å². The lowest BCUT2D eigenvalue weighted by atomic mass is 10.1. The standard InChI is InChI=1S/C13H20FNO/c1-11(2)7-8-15-9-10-16-13-6-4-3-5-12(13)14/h3-6,11,15H,7-10H2,1-2H3. The highest BCUT2D eigenvalue weighted by atomic mass is 19.1. The third kappa shape index (κ3) is 5.12. The Labute approximate surface area is 96.8 Å². The Balaban J connectivity index is 2.10. The van der Waals surface area contributed by atoms with E-state index >= 15 is 0 Å². The van der Waals surface area contributed by atoms with Gasteiger partial charge in [-0.25, -0.2) is 4.39 Å². The summed E-state index contributed by atoms with van der Waals surface area (Å²) < 4.78 is 18.4. The zero-order valence-corrected chi connectivity index (χ0v) is 10.0. The molecule has 1 aromatic rings. The van der Waals surface area contributed by atoms with Gasteiger partial charge in [0.25, 0.3) is 0 Å². The van der Waals surface area contributed by atoms with Crippen LogP contribution in [0.25, 0.3) is 0 Å². The predicted octanol–water partition coefficient (Wildman–Crippen LogP) is 2.84. The molecule has 1 rings (SSSR count). The number of ether oxygens (including phenoxy) is 1. The Kier molecular flexibility index (Phi) is 5.86. The summed E-state index contributed by atoms with van der Waals surface area (Å²) in [6.45, 7) is 6.62. The molecular weight excluding hydrogens is 205 g/mol. The lowest BCUT2D eigenvalue weighted by molar-refractivity contribution is 0.297. The summed E-state index contributed by atoms with van der Waals surface area (Å²) in [5.74, 6) is 0.734. The van der Waals surface area contributed by atoms with Crippen LogP contribution in [-0.2, 0) is 0 Å². The average Bonchev–Trinajstić information content (AvgIpc) is 2.25. The third-order valence-corrected chi connectivity index (χ3v) is 2.27. The van der Waals surface area contributed by atoms with Gasteiger partial charge < -0.3 is 10.1 Å². The minimum absolute atomic E-state index is 0.301. The molecule has 0 heterocycles. The highest BCUT2D eigenvalue weighted by Gasteiger charge is 2.00. The molecule has 2 nitrogen and oxygen atoms in total. The van der Waals surface area contributed by atoms with Crippen LogP contribution in [0.3, 0.4) is 0 Å². The second-order valence-electron chi connectivity index (χ2n) is 4.21. The van der Waals surface area contributed by atoms with Gasteiger partial charge in [0.2, 0.25) is 0 Å². The maximum atomic E-state index is 13.1. The van der Waals surface area contributed by atoms with E-state index in [2.05, 4.69) is 19.2 Å². The van der Waals surface area contributed by atoms with Gasteiger partial charge in [0, 0.05) is 6.54 Å². The molecule has 90 valence electrons. The minimum Gasteiger partial charge on any atom is -0.489 e. The molecule has 0 aromatic heterocycles. The molecule has 0 fully saturated rings. The summed E-state index contributed by atoms with van der Waals surface area (Å²) in [5.41, 5.74) is 0. The van der Waals surface area contributed by atoms with Gasteiger partial charge in [-0.1, -0.05) is 26.0 Å². The van der Waals surface area contributed by atoms with E-state index in [9.17, 15) is 4.39 Å². The SMILES string of the molecule is CC(C)CCNCCOc1ccccc1F. The van der Waals surface area contributed by atoms with Crippen molar-refractivity contribution in [2.45, 2.75) is 20.3 Å². The van der Waals surface area contributed by atoms with Crippen LogP contribution in [0.2, 0.25) is 0 Å². The Morgan fingerprint density at radius 3 is 2.69 bits per heavy atom. The van der Waals surface area contributed by atoms with E-state index < -0.39 is 0 Å². The molecule has 0 saturated carbocycles. The van der Waals surface area contributed by atoms with Crippen molar-refractivity contribution in [1.29, 1.82) is 0 Å². The number of benzene rings is 1. The molecule has 16 heavy (non-hydrogen) atoms. The lowest BCUT2D eigenvalue weighted by Crippen LogP contribution is -2.23. The fourth-order valence-electron chi connectivity index (χ4n) is 1.31. The van der Waals surface area contributed by atoms with E-state index in [1.54, 1.807) is 18.2 Å². The molecule has 0 amide bonds. The molecule has 0 spiro atoms. The first kappa shape index (κ1) is 13.0. The van der Waals surface area contributed by atoms with Crippen molar-refractivity contribution in [2.75, 3.05) is 19.7 Å². The summed E-state index contributed by atoms with van der Waals surface area (Å²) in [6.07, 6.45) is 1.15. The Bertz CT molecular complexity index is 302. The van der Waals surface area contributed by atoms with Gasteiger partial charge in [0.1, 0.15) is 6.61 Å². The lowest BCUT2D eigenvalue weighted by Gasteiger charge is -2.09. The first-order chi connectivity index (χ1) is 7.70. The number of hydrogen-bond acceptors (Lipinski definition) is 2. The van der Waals surface area contributed by atoms with Crippen molar-refractivity contribution in [3.8, 4) is 5.75 Å². The summed E-state index contributed by atoms with van der Waals surface area (Å²) in [4.78, 5) is 0. The summed E-state index contributed by atoms with van der Waals surface area (Å²) in [7, 11) is 0. The van der Waals surface area contributed by atoms with Crippen molar-refractivity contribution in [1.82, 2.24) is 5.32 Å². The molecule has 0 unspecified atom stereocenters. The van der Waals surface area contributed by atoms with Gasteiger partial charge in [0.15, 0.2) is 11.6 Å². The summed E-state index contributed by atoms with van der Waals surface area (Å²) in [5, 5.41) is 3.26. The second-order valence-corrected chi connectivity index (χ2v) is 4.21. The van der Waals surface area contributed by atoms with Crippen LogP contribution in [0, 0.1) is 11.7 Å². The topological polar surface area (TPSA) is 21.3 Å². The number of para-hydroxylation sites is 1. The molecular formula is C13H20FNO. The molecule has 0 aliphatic carbocycles. The van der Waals surface area contributed by atoms with Crippen molar-refractivity contribution < 1.29 is 9.13 Å². The molecule has 1 aromatic carbocycles. The molecule has 0 aliphatic heterocycles. The van der Waals surface area contributed by atoms with E-state index in [0.717, 1.165) is 19.5 Å². The van der Waals surface area contributed by atoms with Gasteiger partial charge in [-0.15, -0.1) is 0 Å². The van der Waals surface area contributed by atoms with Gasteiger partial charge in [0.05, 0.1) is 0 Å². The highest BCUT2D eigenvalue weighted by molar-refractivity contribution is 5.23. The second kappa shape index (κ2) is 7.23. The highest BCUT2D eigenvalue weighted by Crippen LogP contribution is 2.14. The fraction of sp³-hybridized carbons (Fsp3) is 0.538. The Morgan fingerprint density at radius 2 is 2.00 bits per heavy atom. The zero-order chi connectivity index (χ0) is 11.8. The maximum Gasteiger partial charge on any atom is 0.165 e. The van der Waals surface area contributed by atoms with Gasteiger partial charge in [-0.2, -0.15) is 0 Å². The largest absolute Gasteiger partial charge is 0.489 e. The normalized spacial score (nSPS) is 10.8. The summed E-state index contributed by atoms with van der Waals surface area (Å²) in [6, 6.07) is 6.47. The number of hydrogen-bond donors (Lipinski definition) is 1. The Morgan fingerprint density at radius 1 is 1.25 bits per heavy atom. The molecule has 0 aliphatic rings. The quantitative estimate of drug-likeness (QED) is 0.720. The van der Waals surface area contributed by atoms with Crippen LogP contribution in [0.1, 0.15) is 20.3 Å². The van der Waals surface area contributed by atoms with Crippen LogP contribution < -0.4 is 10.1 Å². The van der Waals surface area contributed by atoms with E-state index in [-0.39, 0.29) is 5.82 Å².